The van der Waals surface area contributed by atoms with Gasteiger partial charge in [-0.3, -0.25) is 0 Å². The standard InChI is InChI=1S/C13H14ClNO3S2/c1-9-7-12(19-13(9)14)20(17,18)15(2)8-10-3-5-11(16)6-4-10/h3-7,16H,8H2,1-2H3. The van der Waals surface area contributed by atoms with E-state index in [1.807, 2.05) is 0 Å². The maximum atomic E-state index is 12.4. The normalized spacial score (nSPS) is 12.0. The lowest BCUT2D eigenvalue weighted by molar-refractivity contribution is 0.465. The van der Waals surface area contributed by atoms with Crippen LogP contribution in [0.5, 0.6) is 5.75 Å². The molecule has 0 atom stereocenters. The number of hydrogen-bond acceptors (Lipinski definition) is 4. The lowest BCUT2D eigenvalue weighted by Crippen LogP contribution is -2.25. The van der Waals surface area contributed by atoms with E-state index in [0.29, 0.717) is 4.34 Å². The smallest absolute Gasteiger partial charge is 0.252 e. The Morgan fingerprint density at radius 3 is 2.40 bits per heavy atom. The van der Waals surface area contributed by atoms with Crippen LogP contribution in [0.1, 0.15) is 11.1 Å². The molecule has 1 heterocycles. The number of halogens is 1. The first-order valence-corrected chi connectivity index (χ1v) is 8.44. The van der Waals surface area contributed by atoms with Gasteiger partial charge in [0.2, 0.25) is 0 Å². The second kappa shape index (κ2) is 5.73. The Hall–Kier alpha value is -1.08. The zero-order chi connectivity index (χ0) is 14.9. The molecule has 0 amide bonds. The van der Waals surface area contributed by atoms with E-state index in [4.69, 9.17) is 11.6 Å². The Morgan fingerprint density at radius 1 is 1.30 bits per heavy atom. The molecule has 1 aromatic heterocycles. The van der Waals surface area contributed by atoms with Gasteiger partial charge < -0.3 is 5.11 Å². The van der Waals surface area contributed by atoms with E-state index in [2.05, 4.69) is 0 Å². The average molecular weight is 332 g/mol. The summed E-state index contributed by atoms with van der Waals surface area (Å²) in [6.45, 7) is 2.01. The van der Waals surface area contributed by atoms with Crippen molar-refractivity contribution in [3.63, 3.8) is 0 Å². The average Bonchev–Trinajstić information content (AvgIpc) is 2.73. The molecule has 4 nitrogen and oxygen atoms in total. The summed E-state index contributed by atoms with van der Waals surface area (Å²) >= 11 is 6.98. The molecule has 2 rings (SSSR count). The van der Waals surface area contributed by atoms with Gasteiger partial charge in [-0.05, 0) is 36.2 Å². The number of nitrogens with zero attached hydrogens (tertiary/aromatic N) is 1. The summed E-state index contributed by atoms with van der Waals surface area (Å²) in [5.41, 5.74) is 1.56. The molecule has 0 radical (unpaired) electrons. The molecule has 108 valence electrons. The first-order valence-electron chi connectivity index (χ1n) is 5.81. The maximum Gasteiger partial charge on any atom is 0.252 e. The van der Waals surface area contributed by atoms with Crippen molar-refractivity contribution in [3.8, 4) is 5.75 Å². The molecule has 0 aliphatic carbocycles. The monoisotopic (exact) mass is 331 g/mol. The van der Waals surface area contributed by atoms with Gasteiger partial charge in [0.1, 0.15) is 9.96 Å². The highest BCUT2D eigenvalue weighted by molar-refractivity contribution is 7.91. The minimum atomic E-state index is -3.54. The number of sulfonamides is 1. The van der Waals surface area contributed by atoms with E-state index in [9.17, 15) is 13.5 Å². The maximum absolute atomic E-state index is 12.4. The number of thiophene rings is 1. The van der Waals surface area contributed by atoms with Gasteiger partial charge in [0, 0.05) is 13.6 Å². The zero-order valence-electron chi connectivity index (χ0n) is 11.0. The molecule has 0 fully saturated rings. The van der Waals surface area contributed by atoms with Gasteiger partial charge in [0.25, 0.3) is 10.0 Å². The van der Waals surface area contributed by atoms with Crippen molar-refractivity contribution in [2.24, 2.45) is 0 Å². The molecule has 0 aliphatic heterocycles. The third-order valence-electron chi connectivity index (χ3n) is 2.84. The number of rotatable bonds is 4. The van der Waals surface area contributed by atoms with E-state index < -0.39 is 10.0 Å². The third-order valence-corrected chi connectivity index (χ3v) is 6.65. The number of benzene rings is 1. The fourth-order valence-corrected chi connectivity index (χ4v) is 4.73. The van der Waals surface area contributed by atoms with E-state index in [-0.39, 0.29) is 16.5 Å². The minimum Gasteiger partial charge on any atom is -0.508 e. The van der Waals surface area contributed by atoms with Gasteiger partial charge in [0.15, 0.2) is 0 Å². The molecule has 0 unspecified atom stereocenters. The summed E-state index contributed by atoms with van der Waals surface area (Å²) in [5, 5.41) is 9.22. The van der Waals surface area contributed by atoms with Gasteiger partial charge in [0.05, 0.1) is 4.34 Å². The van der Waals surface area contributed by atoms with Gasteiger partial charge in [-0.25, -0.2) is 8.42 Å². The summed E-state index contributed by atoms with van der Waals surface area (Å²) in [5.74, 6) is 0.153. The largest absolute Gasteiger partial charge is 0.508 e. The van der Waals surface area contributed by atoms with Crippen molar-refractivity contribution < 1.29 is 13.5 Å². The van der Waals surface area contributed by atoms with E-state index in [0.717, 1.165) is 22.5 Å². The molecular weight excluding hydrogens is 318 g/mol. The van der Waals surface area contributed by atoms with Crippen LogP contribution in [0.15, 0.2) is 34.5 Å². The fourth-order valence-electron chi connectivity index (χ4n) is 1.66. The second-order valence-electron chi connectivity index (χ2n) is 4.45. The predicted octanol–water partition coefficient (Wildman–Crippen LogP) is 3.24. The van der Waals surface area contributed by atoms with E-state index in [1.54, 1.807) is 25.1 Å². The van der Waals surface area contributed by atoms with Crippen molar-refractivity contribution >= 4 is 33.0 Å². The predicted molar refractivity (Wildman–Crippen MR) is 80.8 cm³/mol. The summed E-state index contributed by atoms with van der Waals surface area (Å²) in [4.78, 5) is 0. The number of phenols is 1. The van der Waals surface area contributed by atoms with Gasteiger partial charge in [-0.1, -0.05) is 23.7 Å². The molecule has 0 bridgehead atoms. The molecule has 0 saturated heterocycles. The van der Waals surface area contributed by atoms with Crippen LogP contribution in [-0.4, -0.2) is 24.9 Å². The number of hydrogen-bond donors (Lipinski definition) is 1. The van der Waals surface area contributed by atoms with E-state index in [1.165, 1.54) is 23.5 Å². The minimum absolute atomic E-state index is 0.153. The molecule has 0 saturated carbocycles. The summed E-state index contributed by atoms with van der Waals surface area (Å²) < 4.78 is 26.8. The second-order valence-corrected chi connectivity index (χ2v) is 8.38. The van der Waals surface area contributed by atoms with Gasteiger partial charge >= 0.3 is 0 Å². The number of aromatic hydroxyl groups is 1. The molecule has 2 aromatic rings. The highest BCUT2D eigenvalue weighted by atomic mass is 35.5. The third kappa shape index (κ3) is 3.15. The van der Waals surface area contributed by atoms with Crippen LogP contribution in [0, 0.1) is 6.92 Å². The van der Waals surface area contributed by atoms with Crippen LogP contribution in [0.3, 0.4) is 0 Å². The molecule has 7 heteroatoms. The number of aryl methyl sites for hydroxylation is 1. The van der Waals surface area contributed by atoms with Gasteiger partial charge in [-0.15, -0.1) is 11.3 Å². The Balaban J connectivity index is 2.23. The first kappa shape index (κ1) is 15.3. The summed E-state index contributed by atoms with van der Waals surface area (Å²) in [6, 6.07) is 8.02. The van der Waals surface area contributed by atoms with Gasteiger partial charge in [-0.2, -0.15) is 4.31 Å². The van der Waals surface area contributed by atoms with Crippen molar-refractivity contribution in [2.45, 2.75) is 17.7 Å². The Bertz CT molecular complexity index is 688. The van der Waals surface area contributed by atoms with Crippen molar-refractivity contribution in [1.82, 2.24) is 4.31 Å². The van der Waals surface area contributed by atoms with E-state index >= 15 is 0 Å². The molecule has 0 aliphatic rings. The lowest BCUT2D eigenvalue weighted by atomic mass is 10.2. The summed E-state index contributed by atoms with van der Waals surface area (Å²) in [7, 11) is -2.03. The topological polar surface area (TPSA) is 57.6 Å². The zero-order valence-corrected chi connectivity index (χ0v) is 13.4. The summed E-state index contributed by atoms with van der Waals surface area (Å²) in [6.07, 6.45) is 0. The van der Waals surface area contributed by atoms with Crippen molar-refractivity contribution in [1.29, 1.82) is 0 Å². The molecule has 20 heavy (non-hydrogen) atoms. The fraction of sp³-hybridized carbons (Fsp3) is 0.231. The molecular formula is C13H14ClNO3S2. The Morgan fingerprint density at radius 2 is 1.90 bits per heavy atom. The van der Waals surface area contributed by atoms with Crippen molar-refractivity contribution in [3.05, 3.63) is 45.8 Å². The highest BCUT2D eigenvalue weighted by Gasteiger charge is 2.23. The van der Waals surface area contributed by atoms with Crippen LogP contribution >= 0.6 is 22.9 Å². The Labute approximate surface area is 127 Å². The number of phenolic OH excluding ortho intramolecular Hbond substituents is 1. The van der Waals surface area contributed by atoms with Crippen LogP contribution < -0.4 is 0 Å². The van der Waals surface area contributed by atoms with Crippen LogP contribution in [0.2, 0.25) is 4.34 Å². The molecule has 0 spiro atoms. The van der Waals surface area contributed by atoms with Crippen LogP contribution in [-0.2, 0) is 16.6 Å². The molecule has 1 aromatic carbocycles. The molecule has 1 N–H and O–H groups in total. The Kier molecular flexibility index (Phi) is 4.39. The first-order chi connectivity index (χ1) is 9.30. The SMILES string of the molecule is Cc1cc(S(=O)(=O)N(C)Cc2ccc(O)cc2)sc1Cl. The lowest BCUT2D eigenvalue weighted by Gasteiger charge is -2.16. The van der Waals surface area contributed by atoms with Crippen LogP contribution in [0.4, 0.5) is 0 Å². The van der Waals surface area contributed by atoms with Crippen molar-refractivity contribution in [2.75, 3.05) is 7.05 Å². The quantitative estimate of drug-likeness (QED) is 0.935. The highest BCUT2D eigenvalue weighted by Crippen LogP contribution is 2.32. The van der Waals surface area contributed by atoms with Crippen LogP contribution in [0.25, 0.3) is 0 Å².